The van der Waals surface area contributed by atoms with E-state index in [9.17, 15) is 0 Å². The minimum atomic E-state index is 0.381. The Balaban J connectivity index is 1.74. The molecule has 0 spiro atoms. The van der Waals surface area contributed by atoms with Crippen LogP contribution in [0.15, 0.2) is 53.1 Å². The quantitative estimate of drug-likeness (QED) is 0.334. The molecule has 1 saturated carbocycles. The Morgan fingerprint density at radius 2 is 1.94 bits per heavy atom. The van der Waals surface area contributed by atoms with Crippen molar-refractivity contribution in [2.45, 2.75) is 63.8 Å². The molecule has 3 nitrogen and oxygen atoms in total. The number of benzene rings is 2. The van der Waals surface area contributed by atoms with Gasteiger partial charge in [-0.05, 0) is 81.6 Å². The lowest BCUT2D eigenvalue weighted by Crippen LogP contribution is -2.21. The summed E-state index contributed by atoms with van der Waals surface area (Å²) in [5, 5.41) is 5.00. The maximum atomic E-state index is 5.67. The fourth-order valence-electron chi connectivity index (χ4n) is 5.18. The molecule has 1 aliphatic rings. The van der Waals surface area contributed by atoms with Crippen LogP contribution < -0.4 is 11.1 Å². The van der Waals surface area contributed by atoms with Gasteiger partial charge in [0.15, 0.2) is 0 Å². The van der Waals surface area contributed by atoms with Crippen molar-refractivity contribution in [1.82, 2.24) is 9.88 Å². The molecule has 31 heavy (non-hydrogen) atoms. The van der Waals surface area contributed by atoms with Crippen molar-refractivity contribution >= 4 is 26.8 Å². The van der Waals surface area contributed by atoms with E-state index in [2.05, 4.69) is 81.4 Å². The highest BCUT2D eigenvalue weighted by Crippen LogP contribution is 2.39. The van der Waals surface area contributed by atoms with Crippen molar-refractivity contribution in [1.29, 1.82) is 0 Å². The molecule has 1 unspecified atom stereocenters. The van der Waals surface area contributed by atoms with Gasteiger partial charge in [0.25, 0.3) is 0 Å². The number of hydrogen-bond acceptors (Lipinski definition) is 2. The van der Waals surface area contributed by atoms with Crippen LogP contribution in [0.25, 0.3) is 10.9 Å². The number of nitrogens with one attached hydrogen (secondary N) is 1. The zero-order valence-corrected chi connectivity index (χ0v) is 20.3. The summed E-state index contributed by atoms with van der Waals surface area (Å²) in [5.74, 6) is 0.381. The molecule has 4 rings (SSSR count). The molecule has 1 fully saturated rings. The molecule has 1 heterocycles. The Labute approximate surface area is 195 Å². The monoisotopic (exact) mass is 481 g/mol. The van der Waals surface area contributed by atoms with Gasteiger partial charge in [-0.25, -0.2) is 0 Å². The van der Waals surface area contributed by atoms with Crippen molar-refractivity contribution < 1.29 is 0 Å². The Hall–Kier alpha value is -1.62. The highest BCUT2D eigenvalue weighted by atomic mass is 79.9. The molecular weight excluding hydrogens is 446 g/mol. The number of nitrogens with zero attached hydrogens (tertiary/aromatic N) is 1. The van der Waals surface area contributed by atoms with Crippen LogP contribution in [0.3, 0.4) is 0 Å². The van der Waals surface area contributed by atoms with Crippen LogP contribution in [0.2, 0.25) is 0 Å². The molecule has 3 aromatic rings. The maximum Gasteiger partial charge on any atom is 0.0486 e. The second kappa shape index (κ2) is 10.8. The van der Waals surface area contributed by atoms with Crippen LogP contribution in [0.5, 0.6) is 0 Å². The van der Waals surface area contributed by atoms with Gasteiger partial charge in [0.1, 0.15) is 0 Å². The van der Waals surface area contributed by atoms with Crippen molar-refractivity contribution in [3.8, 4) is 0 Å². The third-order valence-corrected chi connectivity index (χ3v) is 7.27. The molecule has 1 atom stereocenters. The molecule has 0 aliphatic heterocycles. The summed E-state index contributed by atoms with van der Waals surface area (Å²) in [7, 11) is 0. The highest BCUT2D eigenvalue weighted by Gasteiger charge is 2.24. The predicted molar refractivity (Wildman–Crippen MR) is 136 cm³/mol. The topological polar surface area (TPSA) is 43.0 Å². The van der Waals surface area contributed by atoms with E-state index in [-0.39, 0.29) is 0 Å². The minimum absolute atomic E-state index is 0.381. The average Bonchev–Trinajstić information content (AvgIpc) is 3.15. The van der Waals surface area contributed by atoms with Gasteiger partial charge < -0.3 is 15.6 Å². The van der Waals surface area contributed by atoms with Crippen molar-refractivity contribution in [2.24, 2.45) is 5.73 Å². The maximum absolute atomic E-state index is 5.67. The summed E-state index contributed by atoms with van der Waals surface area (Å²) in [6.45, 7) is 4.94. The summed E-state index contributed by atoms with van der Waals surface area (Å²) in [5.41, 5.74) is 11.3. The Bertz CT molecular complexity index is 987. The molecule has 3 N–H and O–H groups in total. The lowest BCUT2D eigenvalue weighted by atomic mass is 9.87. The van der Waals surface area contributed by atoms with E-state index < -0.39 is 0 Å². The van der Waals surface area contributed by atoms with Gasteiger partial charge >= 0.3 is 0 Å². The number of halogens is 1. The number of hydrogen-bond donors (Lipinski definition) is 2. The second-order valence-corrected chi connectivity index (χ2v) is 10.0. The summed E-state index contributed by atoms with van der Waals surface area (Å²) in [4.78, 5) is 0. The number of rotatable bonds is 9. The summed E-state index contributed by atoms with van der Waals surface area (Å²) >= 11 is 3.74. The van der Waals surface area contributed by atoms with Crippen LogP contribution in [0, 0.1) is 6.92 Å². The van der Waals surface area contributed by atoms with E-state index in [1.165, 1.54) is 59.7 Å². The molecule has 0 radical (unpaired) electrons. The molecule has 4 heteroatoms. The third-order valence-electron chi connectivity index (χ3n) is 6.78. The molecule has 2 aromatic carbocycles. The third kappa shape index (κ3) is 5.42. The zero-order valence-electron chi connectivity index (χ0n) is 18.7. The number of aryl methyl sites for hydroxylation is 1. The number of nitrogens with two attached hydrogens (primary N) is 1. The van der Waals surface area contributed by atoms with E-state index in [0.717, 1.165) is 36.9 Å². The summed E-state index contributed by atoms with van der Waals surface area (Å²) in [6.07, 6.45) is 11.3. The molecule has 0 amide bonds. The fourth-order valence-corrected chi connectivity index (χ4v) is 5.54. The molecule has 0 bridgehead atoms. The molecule has 1 aliphatic carbocycles. The van der Waals surface area contributed by atoms with E-state index in [1.807, 2.05) is 0 Å². The van der Waals surface area contributed by atoms with Crippen LogP contribution in [0.1, 0.15) is 73.6 Å². The largest absolute Gasteiger partial charge is 0.344 e. The Kier molecular flexibility index (Phi) is 7.86. The van der Waals surface area contributed by atoms with Gasteiger partial charge in [0, 0.05) is 33.5 Å². The van der Waals surface area contributed by atoms with Gasteiger partial charge in [-0.3, -0.25) is 0 Å². The van der Waals surface area contributed by atoms with Gasteiger partial charge in [0.2, 0.25) is 0 Å². The average molecular weight is 483 g/mol. The molecular formula is C27H36BrN3. The minimum Gasteiger partial charge on any atom is -0.344 e. The number of aromatic nitrogens is 1. The molecule has 166 valence electrons. The Morgan fingerprint density at radius 1 is 1.10 bits per heavy atom. The second-order valence-electron chi connectivity index (χ2n) is 9.09. The van der Waals surface area contributed by atoms with Crippen molar-refractivity contribution in [3.05, 3.63) is 69.8 Å². The SMILES string of the molecule is Cc1cccc(C(CCNCCCN)c2cn(C3CCCCC3)c3ccc(Br)cc23)c1. The lowest BCUT2D eigenvalue weighted by Gasteiger charge is -2.24. The number of fused-ring (bicyclic) bond motifs is 1. The lowest BCUT2D eigenvalue weighted by molar-refractivity contribution is 0.360. The van der Waals surface area contributed by atoms with E-state index in [0.29, 0.717) is 12.0 Å². The first kappa shape index (κ1) is 22.6. The van der Waals surface area contributed by atoms with Crippen LogP contribution in [-0.4, -0.2) is 24.2 Å². The summed E-state index contributed by atoms with van der Waals surface area (Å²) in [6, 6.07) is 16.5. The van der Waals surface area contributed by atoms with E-state index in [4.69, 9.17) is 5.73 Å². The van der Waals surface area contributed by atoms with Gasteiger partial charge in [0.05, 0.1) is 0 Å². The first-order valence-corrected chi connectivity index (χ1v) is 12.7. The van der Waals surface area contributed by atoms with Crippen LogP contribution in [0.4, 0.5) is 0 Å². The fraction of sp³-hybridized carbons (Fsp3) is 0.481. The van der Waals surface area contributed by atoms with E-state index in [1.54, 1.807) is 0 Å². The van der Waals surface area contributed by atoms with Gasteiger partial charge in [-0.2, -0.15) is 0 Å². The normalized spacial score (nSPS) is 16.1. The van der Waals surface area contributed by atoms with Crippen LogP contribution in [-0.2, 0) is 0 Å². The van der Waals surface area contributed by atoms with Crippen LogP contribution >= 0.6 is 15.9 Å². The molecule has 0 saturated heterocycles. The molecule has 1 aromatic heterocycles. The van der Waals surface area contributed by atoms with E-state index >= 15 is 0 Å². The first-order valence-electron chi connectivity index (χ1n) is 11.9. The summed E-state index contributed by atoms with van der Waals surface area (Å²) < 4.78 is 3.76. The highest BCUT2D eigenvalue weighted by molar-refractivity contribution is 9.10. The van der Waals surface area contributed by atoms with Crippen molar-refractivity contribution in [2.75, 3.05) is 19.6 Å². The predicted octanol–water partition coefficient (Wildman–Crippen LogP) is 6.68. The standard InChI is InChI=1S/C27H36BrN3/c1-20-7-5-8-21(17-20)24(13-16-30-15-6-14-29)26-19-31(23-9-3-2-4-10-23)27-12-11-22(28)18-25(26)27/h5,7-8,11-12,17-19,23-24,30H,2-4,6,9-10,13-16,29H2,1H3. The Morgan fingerprint density at radius 3 is 2.71 bits per heavy atom. The van der Waals surface area contributed by atoms with Crippen molar-refractivity contribution in [3.63, 3.8) is 0 Å². The first-order chi connectivity index (χ1) is 15.2. The van der Waals surface area contributed by atoms with Gasteiger partial charge in [-0.1, -0.05) is 65.0 Å². The smallest absolute Gasteiger partial charge is 0.0486 e. The zero-order chi connectivity index (χ0) is 21.6. The van der Waals surface area contributed by atoms with Gasteiger partial charge in [-0.15, -0.1) is 0 Å².